The van der Waals surface area contributed by atoms with Crippen molar-refractivity contribution in [2.75, 3.05) is 19.0 Å². The van der Waals surface area contributed by atoms with Crippen LogP contribution in [0.25, 0.3) is 0 Å². The molecular formula is C17H25ClN2O3. The van der Waals surface area contributed by atoms with Gasteiger partial charge in [-0.1, -0.05) is 25.4 Å². The molecule has 0 atom stereocenters. The molecule has 23 heavy (non-hydrogen) atoms. The number of hydrogen-bond donors (Lipinski definition) is 2. The number of benzene rings is 1. The number of nitrogens with one attached hydrogen (secondary N) is 2. The fourth-order valence-electron chi connectivity index (χ4n) is 1.83. The molecule has 0 fully saturated rings. The van der Waals surface area contributed by atoms with Crippen LogP contribution in [0.2, 0.25) is 5.02 Å². The van der Waals surface area contributed by atoms with Crippen molar-refractivity contribution in [3.05, 3.63) is 22.7 Å². The lowest BCUT2D eigenvalue weighted by atomic mass is 9.90. The maximum absolute atomic E-state index is 12.5. The van der Waals surface area contributed by atoms with Crippen molar-refractivity contribution in [1.82, 2.24) is 5.32 Å². The van der Waals surface area contributed by atoms with Gasteiger partial charge in [0.1, 0.15) is 11.2 Å². The largest absolute Gasteiger partial charge is 0.495 e. The first-order valence-electron chi connectivity index (χ1n) is 7.53. The molecular weight excluding hydrogens is 316 g/mol. The number of amides is 2. The van der Waals surface area contributed by atoms with Crippen LogP contribution in [0.1, 0.15) is 33.3 Å². The molecule has 0 unspecified atom stereocenters. The highest BCUT2D eigenvalue weighted by Gasteiger charge is 2.36. The van der Waals surface area contributed by atoms with Gasteiger partial charge in [0.25, 0.3) is 0 Å². The Kier molecular flexibility index (Phi) is 6.45. The predicted octanol–water partition coefficient (Wildman–Crippen LogP) is 3.39. The Morgan fingerprint density at radius 3 is 2.39 bits per heavy atom. The third kappa shape index (κ3) is 4.86. The van der Waals surface area contributed by atoms with Crippen LogP contribution in [0.5, 0.6) is 5.75 Å². The highest BCUT2D eigenvalue weighted by atomic mass is 35.5. The maximum atomic E-state index is 12.5. The number of carbonyl (C=O) groups is 2. The smallest absolute Gasteiger partial charge is 0.239 e. The van der Waals surface area contributed by atoms with E-state index in [9.17, 15) is 9.59 Å². The SMILES string of the molecule is COc1cc(Cl)c(C)cc1NC(=O)C(C)(C)C(=O)NCC(C)C. The predicted molar refractivity (Wildman–Crippen MR) is 93.0 cm³/mol. The Balaban J connectivity index is 2.94. The second-order valence-corrected chi connectivity index (χ2v) is 6.89. The zero-order valence-corrected chi connectivity index (χ0v) is 15.3. The summed E-state index contributed by atoms with van der Waals surface area (Å²) in [5.41, 5.74) is 0.0990. The van der Waals surface area contributed by atoms with E-state index in [1.807, 2.05) is 20.8 Å². The molecule has 0 bridgehead atoms. The minimum atomic E-state index is -1.20. The lowest BCUT2D eigenvalue weighted by Gasteiger charge is -2.24. The molecule has 1 aromatic carbocycles. The first-order valence-corrected chi connectivity index (χ1v) is 7.91. The number of rotatable bonds is 6. The fourth-order valence-corrected chi connectivity index (χ4v) is 1.98. The Labute approximate surface area is 142 Å². The molecule has 0 aliphatic carbocycles. The quantitative estimate of drug-likeness (QED) is 0.780. The van der Waals surface area contributed by atoms with E-state index in [4.69, 9.17) is 16.3 Å². The Morgan fingerprint density at radius 1 is 1.26 bits per heavy atom. The Bertz CT molecular complexity index is 598. The van der Waals surface area contributed by atoms with Crippen LogP contribution in [0.4, 0.5) is 5.69 Å². The third-order valence-corrected chi connectivity index (χ3v) is 3.94. The van der Waals surface area contributed by atoms with Crippen molar-refractivity contribution < 1.29 is 14.3 Å². The van der Waals surface area contributed by atoms with Gasteiger partial charge in [0, 0.05) is 17.6 Å². The van der Waals surface area contributed by atoms with Gasteiger partial charge in [-0.3, -0.25) is 9.59 Å². The molecule has 128 valence electrons. The zero-order valence-electron chi connectivity index (χ0n) is 14.5. The van der Waals surface area contributed by atoms with E-state index in [-0.39, 0.29) is 5.91 Å². The minimum absolute atomic E-state index is 0.312. The number of carbonyl (C=O) groups excluding carboxylic acids is 2. The van der Waals surface area contributed by atoms with E-state index >= 15 is 0 Å². The summed E-state index contributed by atoms with van der Waals surface area (Å²) < 4.78 is 5.23. The number of methoxy groups -OCH3 is 1. The van der Waals surface area contributed by atoms with Crippen LogP contribution in [-0.4, -0.2) is 25.5 Å². The van der Waals surface area contributed by atoms with Gasteiger partial charge >= 0.3 is 0 Å². The zero-order chi connectivity index (χ0) is 17.8. The van der Waals surface area contributed by atoms with Crippen LogP contribution in [0.15, 0.2) is 12.1 Å². The van der Waals surface area contributed by atoms with Gasteiger partial charge in [0.15, 0.2) is 0 Å². The van der Waals surface area contributed by atoms with Gasteiger partial charge in [-0.2, -0.15) is 0 Å². The Hall–Kier alpha value is -1.75. The standard InChI is InChI=1S/C17H25ClN2O3/c1-10(2)9-19-15(21)17(4,5)16(22)20-13-7-11(3)12(18)8-14(13)23-6/h7-8,10H,9H2,1-6H3,(H,19,21)(H,20,22). The van der Waals surface area contributed by atoms with Crippen LogP contribution >= 0.6 is 11.6 Å². The number of ether oxygens (including phenoxy) is 1. The first kappa shape index (κ1) is 19.3. The van der Waals surface area contributed by atoms with E-state index in [1.165, 1.54) is 7.11 Å². The average Bonchev–Trinajstić information content (AvgIpc) is 2.47. The van der Waals surface area contributed by atoms with Crippen molar-refractivity contribution in [2.45, 2.75) is 34.6 Å². The summed E-state index contributed by atoms with van der Waals surface area (Å²) in [5.74, 6) is 0.0521. The van der Waals surface area contributed by atoms with E-state index < -0.39 is 11.3 Å². The summed E-state index contributed by atoms with van der Waals surface area (Å²) >= 11 is 6.06. The molecule has 0 saturated heterocycles. The molecule has 1 aromatic rings. The van der Waals surface area contributed by atoms with Gasteiger partial charge < -0.3 is 15.4 Å². The van der Waals surface area contributed by atoms with Crippen LogP contribution < -0.4 is 15.4 Å². The molecule has 1 rings (SSSR count). The lowest BCUT2D eigenvalue weighted by Crippen LogP contribution is -2.46. The first-order chi connectivity index (χ1) is 10.6. The summed E-state index contributed by atoms with van der Waals surface area (Å²) in [6.45, 7) is 9.53. The van der Waals surface area contributed by atoms with Gasteiger partial charge in [-0.25, -0.2) is 0 Å². The monoisotopic (exact) mass is 340 g/mol. The van der Waals surface area contributed by atoms with Crippen molar-refractivity contribution in [3.8, 4) is 5.75 Å². The van der Waals surface area contributed by atoms with Crippen LogP contribution in [-0.2, 0) is 9.59 Å². The van der Waals surface area contributed by atoms with E-state index in [0.717, 1.165) is 5.56 Å². The van der Waals surface area contributed by atoms with Crippen LogP contribution in [0.3, 0.4) is 0 Å². The van der Waals surface area contributed by atoms with E-state index in [1.54, 1.807) is 26.0 Å². The number of halogens is 1. The molecule has 5 nitrogen and oxygen atoms in total. The molecule has 2 amide bonds. The maximum Gasteiger partial charge on any atom is 0.239 e. The number of anilines is 1. The Morgan fingerprint density at radius 2 is 1.87 bits per heavy atom. The summed E-state index contributed by atoms with van der Waals surface area (Å²) in [4.78, 5) is 24.8. The van der Waals surface area contributed by atoms with Gasteiger partial charge in [-0.05, 0) is 38.3 Å². The fraction of sp³-hybridized carbons (Fsp3) is 0.529. The molecule has 0 aliphatic heterocycles. The topological polar surface area (TPSA) is 67.4 Å². The second kappa shape index (κ2) is 7.68. The average molecular weight is 341 g/mol. The molecule has 2 N–H and O–H groups in total. The minimum Gasteiger partial charge on any atom is -0.495 e. The van der Waals surface area contributed by atoms with Gasteiger partial charge in [0.2, 0.25) is 11.8 Å². The molecule has 0 heterocycles. The molecule has 0 aromatic heterocycles. The van der Waals surface area contributed by atoms with Gasteiger partial charge in [-0.15, -0.1) is 0 Å². The highest BCUT2D eigenvalue weighted by molar-refractivity contribution is 6.31. The van der Waals surface area contributed by atoms with Gasteiger partial charge in [0.05, 0.1) is 12.8 Å². The third-order valence-electron chi connectivity index (χ3n) is 3.54. The second-order valence-electron chi connectivity index (χ2n) is 6.48. The molecule has 0 saturated carbocycles. The van der Waals surface area contributed by atoms with Crippen molar-refractivity contribution in [1.29, 1.82) is 0 Å². The molecule has 0 radical (unpaired) electrons. The molecule has 6 heteroatoms. The van der Waals surface area contributed by atoms with Crippen LogP contribution in [0, 0.1) is 18.3 Å². The van der Waals surface area contributed by atoms with Crippen molar-refractivity contribution in [2.24, 2.45) is 11.3 Å². The van der Waals surface area contributed by atoms with E-state index in [0.29, 0.717) is 28.9 Å². The summed E-state index contributed by atoms with van der Waals surface area (Å²) in [6, 6.07) is 3.36. The summed E-state index contributed by atoms with van der Waals surface area (Å²) in [7, 11) is 1.50. The lowest BCUT2D eigenvalue weighted by molar-refractivity contribution is -0.138. The van der Waals surface area contributed by atoms with E-state index in [2.05, 4.69) is 10.6 Å². The molecule has 0 aliphatic rings. The highest BCUT2D eigenvalue weighted by Crippen LogP contribution is 2.32. The van der Waals surface area contributed by atoms with Crippen molar-refractivity contribution in [3.63, 3.8) is 0 Å². The summed E-state index contributed by atoms with van der Waals surface area (Å²) in [6.07, 6.45) is 0. The number of hydrogen-bond acceptors (Lipinski definition) is 3. The summed E-state index contributed by atoms with van der Waals surface area (Å²) in [5, 5.41) is 6.09. The van der Waals surface area contributed by atoms with Crippen molar-refractivity contribution >= 4 is 29.1 Å². The number of aryl methyl sites for hydroxylation is 1. The molecule has 0 spiro atoms. The normalized spacial score (nSPS) is 11.3.